The fraction of sp³-hybridized carbons (Fsp3) is 0.0476. The number of aromatic nitrogens is 3. The first kappa shape index (κ1) is 16.7. The maximum Gasteiger partial charge on any atom is 0.269 e. The molecule has 3 aromatic carbocycles. The fourth-order valence-corrected chi connectivity index (χ4v) is 4.85. The van der Waals surface area contributed by atoms with Gasteiger partial charge in [-0.15, -0.1) is 0 Å². The first-order chi connectivity index (χ1) is 13.6. The predicted molar refractivity (Wildman–Crippen MR) is 106 cm³/mol. The lowest BCUT2D eigenvalue weighted by molar-refractivity contribution is 0.447. The Balaban J connectivity index is 1.73. The summed E-state index contributed by atoms with van der Waals surface area (Å²) in [7, 11) is -3.81. The van der Waals surface area contributed by atoms with Crippen LogP contribution in [0.25, 0.3) is 22.0 Å². The molecule has 0 N–H and O–H groups in total. The van der Waals surface area contributed by atoms with Crippen LogP contribution in [0.5, 0.6) is 0 Å². The molecule has 0 aliphatic carbocycles. The molecule has 7 heteroatoms. The van der Waals surface area contributed by atoms with Crippen LogP contribution in [0.2, 0.25) is 0 Å². The van der Waals surface area contributed by atoms with Crippen LogP contribution in [0.3, 0.4) is 0 Å². The molecule has 0 fully saturated rings. The number of fused-ring (bicyclic) bond motifs is 2. The van der Waals surface area contributed by atoms with Gasteiger partial charge in [0.25, 0.3) is 10.0 Å². The van der Waals surface area contributed by atoms with Gasteiger partial charge >= 0.3 is 0 Å². The summed E-state index contributed by atoms with van der Waals surface area (Å²) in [6.07, 6.45) is 0.234. The van der Waals surface area contributed by atoms with E-state index in [-0.39, 0.29) is 11.3 Å². The Kier molecular flexibility index (Phi) is 3.77. The molecule has 0 bridgehead atoms. The molecule has 0 amide bonds. The highest BCUT2D eigenvalue weighted by Crippen LogP contribution is 2.26. The van der Waals surface area contributed by atoms with Gasteiger partial charge in [0.05, 0.1) is 28.0 Å². The second kappa shape index (κ2) is 6.31. The van der Waals surface area contributed by atoms with Gasteiger partial charge in [-0.3, -0.25) is 0 Å². The lowest BCUT2D eigenvalue weighted by atomic mass is 10.2. The molecule has 0 saturated carbocycles. The highest BCUT2D eigenvalue weighted by Gasteiger charge is 2.25. The summed E-state index contributed by atoms with van der Waals surface area (Å²) in [4.78, 5) is 4.80. The van der Waals surface area contributed by atoms with Crippen molar-refractivity contribution in [2.24, 2.45) is 0 Å². The lowest BCUT2D eigenvalue weighted by Crippen LogP contribution is -2.16. The average molecular weight is 389 g/mol. The van der Waals surface area contributed by atoms with E-state index in [9.17, 15) is 8.42 Å². The van der Waals surface area contributed by atoms with E-state index in [4.69, 9.17) is 4.52 Å². The van der Waals surface area contributed by atoms with E-state index in [0.717, 1.165) is 5.39 Å². The van der Waals surface area contributed by atoms with Crippen LogP contribution in [-0.4, -0.2) is 22.5 Å². The van der Waals surface area contributed by atoms with Crippen molar-refractivity contribution < 1.29 is 12.9 Å². The zero-order valence-corrected chi connectivity index (χ0v) is 15.5. The Labute approximate surface area is 161 Å². The summed E-state index contributed by atoms with van der Waals surface area (Å²) in [5.74, 6) is 0.393. The molecule has 2 heterocycles. The van der Waals surface area contributed by atoms with Crippen LogP contribution in [0, 0.1) is 0 Å². The van der Waals surface area contributed by atoms with E-state index in [2.05, 4.69) is 10.1 Å². The second-order valence-electron chi connectivity index (χ2n) is 6.40. The molecule has 0 radical (unpaired) electrons. The SMILES string of the molecule is O=S(=O)(c1ccccc1)n1c(Cc2noc3ccccc23)nc2ccccc21. The number of nitrogens with zero attached hydrogens (tertiary/aromatic N) is 3. The number of imidazole rings is 1. The van der Waals surface area contributed by atoms with Crippen LogP contribution < -0.4 is 0 Å². The summed E-state index contributed by atoms with van der Waals surface area (Å²) in [5, 5.41) is 4.98. The van der Waals surface area contributed by atoms with Gasteiger partial charge in [0.2, 0.25) is 0 Å². The summed E-state index contributed by atoms with van der Waals surface area (Å²) >= 11 is 0. The predicted octanol–water partition coefficient (Wildman–Crippen LogP) is 4.01. The molecular weight excluding hydrogens is 374 g/mol. The second-order valence-corrected chi connectivity index (χ2v) is 8.19. The maximum absolute atomic E-state index is 13.4. The van der Waals surface area contributed by atoms with Crippen LogP contribution in [0.4, 0.5) is 0 Å². The quantitative estimate of drug-likeness (QED) is 0.464. The van der Waals surface area contributed by atoms with E-state index < -0.39 is 10.0 Å². The van der Waals surface area contributed by atoms with Crippen molar-refractivity contribution in [2.75, 3.05) is 0 Å². The lowest BCUT2D eigenvalue weighted by Gasteiger charge is -2.10. The van der Waals surface area contributed by atoms with Crippen molar-refractivity contribution in [2.45, 2.75) is 11.3 Å². The molecule has 0 aliphatic heterocycles. The smallest absolute Gasteiger partial charge is 0.269 e. The minimum atomic E-state index is -3.81. The van der Waals surface area contributed by atoms with Gasteiger partial charge in [-0.2, -0.15) is 0 Å². The number of benzene rings is 3. The van der Waals surface area contributed by atoms with E-state index >= 15 is 0 Å². The minimum Gasteiger partial charge on any atom is -0.356 e. The zero-order valence-electron chi connectivity index (χ0n) is 14.7. The molecule has 0 saturated heterocycles. The molecule has 0 unspecified atom stereocenters. The Hall–Kier alpha value is -3.45. The average Bonchev–Trinajstić information content (AvgIpc) is 3.30. The van der Waals surface area contributed by atoms with Gasteiger partial charge in [-0.25, -0.2) is 17.4 Å². The highest BCUT2D eigenvalue weighted by atomic mass is 32.2. The topological polar surface area (TPSA) is 78.0 Å². The summed E-state index contributed by atoms with van der Waals surface area (Å²) in [6.45, 7) is 0. The van der Waals surface area contributed by atoms with Crippen molar-refractivity contribution in [3.63, 3.8) is 0 Å². The highest BCUT2D eigenvalue weighted by molar-refractivity contribution is 7.90. The summed E-state index contributed by atoms with van der Waals surface area (Å²) < 4.78 is 33.5. The van der Waals surface area contributed by atoms with E-state index in [1.54, 1.807) is 48.5 Å². The Morgan fingerprint density at radius 3 is 2.43 bits per heavy atom. The first-order valence-corrected chi connectivity index (χ1v) is 10.2. The third kappa shape index (κ3) is 2.59. The normalized spacial score (nSPS) is 12.0. The number of hydrogen-bond acceptors (Lipinski definition) is 5. The van der Waals surface area contributed by atoms with Gasteiger partial charge in [-0.05, 0) is 36.4 Å². The largest absolute Gasteiger partial charge is 0.356 e. The third-order valence-corrected chi connectivity index (χ3v) is 6.40. The molecule has 6 nitrogen and oxygen atoms in total. The van der Waals surface area contributed by atoms with Crippen molar-refractivity contribution in [3.05, 3.63) is 90.4 Å². The Bertz CT molecular complexity index is 1400. The molecule has 138 valence electrons. The van der Waals surface area contributed by atoms with Gasteiger partial charge < -0.3 is 4.52 Å². The van der Waals surface area contributed by atoms with E-state index in [1.165, 1.54) is 3.97 Å². The Morgan fingerprint density at radius 2 is 1.57 bits per heavy atom. The molecular formula is C21H15N3O3S. The Morgan fingerprint density at radius 1 is 0.857 bits per heavy atom. The van der Waals surface area contributed by atoms with Crippen molar-refractivity contribution >= 4 is 32.0 Å². The molecule has 2 aromatic heterocycles. The number of para-hydroxylation sites is 3. The third-order valence-electron chi connectivity index (χ3n) is 4.64. The van der Waals surface area contributed by atoms with Gasteiger partial charge in [0, 0.05) is 5.39 Å². The molecule has 28 heavy (non-hydrogen) atoms. The molecule has 0 spiro atoms. The van der Waals surface area contributed by atoms with Gasteiger partial charge in [-0.1, -0.05) is 47.6 Å². The van der Waals surface area contributed by atoms with Crippen LogP contribution >= 0.6 is 0 Å². The van der Waals surface area contributed by atoms with Crippen LogP contribution in [0.1, 0.15) is 11.5 Å². The van der Waals surface area contributed by atoms with Crippen molar-refractivity contribution in [1.82, 2.24) is 14.1 Å². The summed E-state index contributed by atoms with van der Waals surface area (Å²) in [5.41, 5.74) is 2.46. The molecule has 5 aromatic rings. The standard InChI is InChI=1S/C21H15N3O3S/c25-28(26,15-8-2-1-3-9-15)24-19-12-6-5-11-17(19)22-21(24)14-18-16-10-4-7-13-20(16)27-23-18/h1-13H,14H2. The van der Waals surface area contributed by atoms with Gasteiger partial charge in [0.1, 0.15) is 5.82 Å². The monoisotopic (exact) mass is 389 g/mol. The fourth-order valence-electron chi connectivity index (χ4n) is 3.35. The van der Waals surface area contributed by atoms with Crippen LogP contribution in [0.15, 0.2) is 88.3 Å². The molecule has 0 atom stereocenters. The van der Waals surface area contributed by atoms with Crippen molar-refractivity contribution in [1.29, 1.82) is 0 Å². The van der Waals surface area contributed by atoms with Crippen molar-refractivity contribution in [3.8, 4) is 0 Å². The summed E-state index contributed by atoms with van der Waals surface area (Å²) in [6, 6.07) is 23.1. The minimum absolute atomic E-state index is 0.212. The zero-order chi connectivity index (χ0) is 19.1. The first-order valence-electron chi connectivity index (χ1n) is 8.75. The molecule has 0 aliphatic rings. The maximum atomic E-state index is 13.4. The number of hydrogen-bond donors (Lipinski definition) is 0. The van der Waals surface area contributed by atoms with E-state index in [1.807, 2.05) is 30.3 Å². The van der Waals surface area contributed by atoms with Crippen LogP contribution in [-0.2, 0) is 16.4 Å². The van der Waals surface area contributed by atoms with E-state index in [0.29, 0.717) is 28.1 Å². The molecule has 5 rings (SSSR count). The number of rotatable bonds is 4. The van der Waals surface area contributed by atoms with Gasteiger partial charge in [0.15, 0.2) is 5.58 Å².